The van der Waals surface area contributed by atoms with Gasteiger partial charge < -0.3 is 28.6 Å². The van der Waals surface area contributed by atoms with Gasteiger partial charge in [-0.05, 0) is 74.0 Å². The van der Waals surface area contributed by atoms with Crippen molar-refractivity contribution in [2.24, 2.45) is 12.1 Å². The number of hydroxylamine groups is 2. The first-order valence-corrected chi connectivity index (χ1v) is 17.9. The number of nitrogens with zero attached hydrogens (tertiary/aromatic N) is 8. The molecule has 49 heavy (non-hydrogen) atoms. The van der Waals surface area contributed by atoms with Crippen LogP contribution in [0.2, 0.25) is 5.02 Å². The monoisotopic (exact) mass is 704 g/mol. The third-order valence-corrected chi connectivity index (χ3v) is 10.4. The zero-order valence-electron chi connectivity index (χ0n) is 27.9. The molecule has 0 spiro atoms. The first-order chi connectivity index (χ1) is 23.9. The summed E-state index contributed by atoms with van der Waals surface area (Å²) in [5.41, 5.74) is 4.23. The molecule has 1 aromatic heterocycles. The van der Waals surface area contributed by atoms with E-state index in [-0.39, 0.29) is 12.1 Å². The van der Waals surface area contributed by atoms with Gasteiger partial charge in [-0.1, -0.05) is 42.4 Å². The van der Waals surface area contributed by atoms with Gasteiger partial charge in [0, 0.05) is 55.2 Å². The van der Waals surface area contributed by atoms with Crippen LogP contribution in [0, 0.1) is 0 Å². The molecule has 3 atom stereocenters. The third kappa shape index (κ3) is 7.60. The number of aryl methyl sites for hydroxylation is 1. The van der Waals surface area contributed by atoms with E-state index in [1.54, 1.807) is 22.9 Å². The average Bonchev–Trinajstić information content (AvgIpc) is 3.91. The Morgan fingerprint density at radius 2 is 1.59 bits per heavy atom. The van der Waals surface area contributed by atoms with Crippen molar-refractivity contribution >= 4 is 46.8 Å². The maximum atomic E-state index is 6.55. The molecule has 4 heterocycles. The predicted molar refractivity (Wildman–Crippen MR) is 192 cm³/mol. The van der Waals surface area contributed by atoms with Gasteiger partial charge in [0.15, 0.2) is 5.16 Å². The van der Waals surface area contributed by atoms with Crippen LogP contribution in [0.5, 0.6) is 5.75 Å². The second-order valence-electron chi connectivity index (χ2n) is 12.3. The van der Waals surface area contributed by atoms with E-state index in [2.05, 4.69) is 75.3 Å². The maximum absolute atomic E-state index is 6.55. The lowest BCUT2D eigenvalue weighted by Crippen LogP contribution is -2.46. The fourth-order valence-electron chi connectivity index (χ4n) is 5.89. The minimum absolute atomic E-state index is 0.218. The van der Waals surface area contributed by atoms with E-state index in [0.717, 1.165) is 54.8 Å². The Balaban J connectivity index is 0.895. The number of rotatable bonds is 12. The second-order valence-corrected chi connectivity index (χ2v) is 13.7. The lowest BCUT2D eigenvalue weighted by Gasteiger charge is -2.37. The largest absolute Gasteiger partial charge is 0.491 e. The zero-order chi connectivity index (χ0) is 33.8. The first-order valence-electron chi connectivity index (χ1n) is 16.6. The van der Waals surface area contributed by atoms with Crippen molar-refractivity contribution in [3.05, 3.63) is 89.7 Å². The van der Waals surface area contributed by atoms with Crippen molar-refractivity contribution in [1.82, 2.24) is 19.9 Å². The highest BCUT2D eigenvalue weighted by atomic mass is 35.5. The van der Waals surface area contributed by atoms with E-state index in [1.807, 2.05) is 48.0 Å². The third-order valence-electron chi connectivity index (χ3n) is 9.00. The molecule has 0 radical (unpaired) electrons. The molecule has 3 aromatic carbocycles. The van der Waals surface area contributed by atoms with Crippen molar-refractivity contribution in [3.8, 4) is 5.75 Å². The Kier molecular flexibility index (Phi) is 10.1. The van der Waals surface area contributed by atoms with Crippen molar-refractivity contribution in [2.45, 2.75) is 43.4 Å². The summed E-state index contributed by atoms with van der Waals surface area (Å²) < 4.78 is 21.0. The van der Waals surface area contributed by atoms with Crippen LogP contribution >= 0.6 is 23.4 Å². The van der Waals surface area contributed by atoms with Crippen molar-refractivity contribution in [1.29, 1.82) is 0 Å². The quantitative estimate of drug-likeness (QED) is 0.164. The summed E-state index contributed by atoms with van der Waals surface area (Å²) in [5.74, 6) is 0.350. The summed E-state index contributed by atoms with van der Waals surface area (Å²) in [6, 6.07) is 24.6. The smallest absolute Gasteiger partial charge is 0.205 e. The normalized spacial score (nSPS) is 21.5. The highest BCUT2D eigenvalue weighted by Gasteiger charge is 2.44. The van der Waals surface area contributed by atoms with Crippen LogP contribution in [0.4, 0.5) is 17.1 Å². The van der Waals surface area contributed by atoms with Gasteiger partial charge in [-0.3, -0.25) is 0 Å². The standard InChI is InChI=1S/C35H41ClN8O4S/c1-4-26(2)44-38-25-43(48-44)31-11-9-29(10-12-31)41-17-19-42(20-18-41)30-13-15-32(16-14-30)45-21-33-22-46-35(47-33,27-5-7-28(36)8-6-27)23-49-34-39-37-24-40(34)3/h5-16,24-26,33H,4,17-23H2,1-3H3. The SMILES string of the molecule is CCC(C)N1N=CN(c2ccc(N3CCN(c4ccc(OCC5COC(CSc6nncn6C)(c6ccc(Cl)cc6)O5)cc4)CC3)cc2)O1. The minimum atomic E-state index is -0.949. The van der Waals surface area contributed by atoms with E-state index < -0.39 is 5.79 Å². The molecule has 3 aliphatic heterocycles. The van der Waals surface area contributed by atoms with Gasteiger partial charge >= 0.3 is 0 Å². The lowest BCUT2D eigenvalue weighted by molar-refractivity contribution is -0.164. The summed E-state index contributed by atoms with van der Waals surface area (Å²) in [7, 11) is 1.92. The molecule has 258 valence electrons. The van der Waals surface area contributed by atoms with E-state index in [0.29, 0.717) is 24.0 Å². The molecule has 0 amide bonds. The van der Waals surface area contributed by atoms with Crippen molar-refractivity contribution in [3.63, 3.8) is 0 Å². The number of anilines is 3. The van der Waals surface area contributed by atoms with Gasteiger partial charge in [-0.25, -0.2) is 0 Å². The van der Waals surface area contributed by atoms with Gasteiger partial charge in [-0.2, -0.15) is 5.06 Å². The molecule has 0 bridgehead atoms. The summed E-state index contributed by atoms with van der Waals surface area (Å²) in [6.45, 7) is 8.71. The lowest BCUT2D eigenvalue weighted by atomic mass is 10.1. The van der Waals surface area contributed by atoms with Gasteiger partial charge in [-0.15, -0.1) is 25.4 Å². The Bertz CT molecular complexity index is 1700. The Hall–Kier alpha value is -4.01. The number of aromatic nitrogens is 3. The van der Waals surface area contributed by atoms with Crippen LogP contribution in [-0.4, -0.2) is 83.6 Å². The highest BCUT2D eigenvalue weighted by molar-refractivity contribution is 7.99. The molecule has 0 saturated carbocycles. The van der Waals surface area contributed by atoms with Crippen LogP contribution < -0.4 is 19.6 Å². The summed E-state index contributed by atoms with van der Waals surface area (Å²) in [5, 5.41) is 17.3. The Labute approximate surface area is 296 Å². The maximum Gasteiger partial charge on any atom is 0.205 e. The van der Waals surface area contributed by atoms with E-state index in [9.17, 15) is 0 Å². The number of benzene rings is 3. The molecule has 0 N–H and O–H groups in total. The minimum Gasteiger partial charge on any atom is -0.491 e. The molecule has 7 rings (SSSR count). The Morgan fingerprint density at radius 3 is 2.22 bits per heavy atom. The molecule has 2 fully saturated rings. The number of thioether (sulfide) groups is 1. The number of ether oxygens (including phenoxy) is 3. The van der Waals surface area contributed by atoms with E-state index in [1.165, 1.54) is 23.1 Å². The topological polar surface area (TPSA) is 93.0 Å². The highest BCUT2D eigenvalue weighted by Crippen LogP contribution is 2.39. The number of hydrazone groups is 1. The van der Waals surface area contributed by atoms with Crippen molar-refractivity contribution in [2.75, 3.05) is 60.0 Å². The fourth-order valence-corrected chi connectivity index (χ4v) is 7.01. The molecular weight excluding hydrogens is 664 g/mol. The first kappa shape index (κ1) is 33.5. The van der Waals surface area contributed by atoms with Gasteiger partial charge in [0.25, 0.3) is 0 Å². The van der Waals surface area contributed by atoms with Crippen LogP contribution in [0.3, 0.4) is 0 Å². The van der Waals surface area contributed by atoms with Crippen LogP contribution in [0.1, 0.15) is 25.8 Å². The molecular formula is C35H41ClN8O4S. The number of hydrogen-bond acceptors (Lipinski definition) is 12. The zero-order valence-corrected chi connectivity index (χ0v) is 29.5. The molecule has 2 saturated heterocycles. The van der Waals surface area contributed by atoms with Gasteiger partial charge in [0.1, 0.15) is 31.1 Å². The van der Waals surface area contributed by atoms with Crippen LogP contribution in [-0.2, 0) is 27.2 Å². The molecule has 14 heteroatoms. The number of hydrogen-bond donors (Lipinski definition) is 0. The summed E-state index contributed by atoms with van der Waals surface area (Å²) in [4.78, 5) is 10.7. The van der Waals surface area contributed by atoms with Crippen molar-refractivity contribution < 1.29 is 19.1 Å². The van der Waals surface area contributed by atoms with Gasteiger partial charge in [0.05, 0.1) is 24.1 Å². The summed E-state index contributed by atoms with van der Waals surface area (Å²) >= 11 is 7.71. The van der Waals surface area contributed by atoms with Gasteiger partial charge in [0.2, 0.25) is 5.79 Å². The van der Waals surface area contributed by atoms with Crippen LogP contribution in [0.25, 0.3) is 0 Å². The van der Waals surface area contributed by atoms with E-state index >= 15 is 0 Å². The molecule has 0 aliphatic carbocycles. The van der Waals surface area contributed by atoms with E-state index in [4.69, 9.17) is 30.7 Å². The fraction of sp³-hybridized carbons (Fsp3) is 0.400. The molecule has 12 nitrogen and oxygen atoms in total. The number of halogens is 1. The predicted octanol–water partition coefficient (Wildman–Crippen LogP) is 5.95. The Morgan fingerprint density at radius 1 is 0.939 bits per heavy atom. The average molecular weight is 705 g/mol. The van der Waals surface area contributed by atoms with Crippen LogP contribution in [0.15, 0.2) is 89.4 Å². The molecule has 3 unspecified atom stereocenters. The molecule has 4 aromatic rings. The molecule has 3 aliphatic rings. The number of piperazine rings is 1. The second kappa shape index (κ2) is 14.9. The summed E-state index contributed by atoms with van der Waals surface area (Å²) in [6.07, 6.45) is 4.11.